The van der Waals surface area contributed by atoms with Gasteiger partial charge in [0.25, 0.3) is 5.91 Å². The van der Waals surface area contributed by atoms with Gasteiger partial charge in [-0.05, 0) is 30.5 Å². The summed E-state index contributed by atoms with van der Waals surface area (Å²) in [7, 11) is -0.537. The Balaban J connectivity index is 2.01. The van der Waals surface area contributed by atoms with Gasteiger partial charge < -0.3 is 15.0 Å². The van der Waals surface area contributed by atoms with Crippen LogP contribution < -0.4 is 10.0 Å². The predicted molar refractivity (Wildman–Crippen MR) is 91.6 cm³/mol. The van der Waals surface area contributed by atoms with Crippen molar-refractivity contribution in [3.05, 3.63) is 29.8 Å². The highest BCUT2D eigenvalue weighted by Crippen LogP contribution is 2.15. The van der Waals surface area contributed by atoms with E-state index in [0.29, 0.717) is 19.8 Å². The van der Waals surface area contributed by atoms with Crippen molar-refractivity contribution >= 4 is 21.8 Å². The standard InChI is InChI=1S/C16H23N3O5S/c1-19(2)15(20)10-17-16(21)13-4-3-5-14(8-13)25(22,23)18-9-12-6-7-24-11-12/h3-5,8,12,18H,6-7,9-11H2,1-2H3,(H,17,21)/t12-/m0/s1. The second kappa shape index (κ2) is 8.41. The van der Waals surface area contributed by atoms with Gasteiger partial charge in [-0.2, -0.15) is 0 Å². The quantitative estimate of drug-likeness (QED) is 0.694. The van der Waals surface area contributed by atoms with Gasteiger partial charge in [0.05, 0.1) is 18.0 Å². The van der Waals surface area contributed by atoms with E-state index in [1.54, 1.807) is 14.1 Å². The maximum atomic E-state index is 12.4. The van der Waals surface area contributed by atoms with Gasteiger partial charge in [0.1, 0.15) is 0 Å². The molecule has 1 heterocycles. The van der Waals surface area contributed by atoms with Crippen molar-refractivity contribution in [3.63, 3.8) is 0 Å². The number of hydrogen-bond acceptors (Lipinski definition) is 5. The first-order valence-corrected chi connectivity index (χ1v) is 9.44. The molecular formula is C16H23N3O5S. The lowest BCUT2D eigenvalue weighted by Gasteiger charge is -2.12. The van der Waals surface area contributed by atoms with Crippen LogP contribution in [0.2, 0.25) is 0 Å². The van der Waals surface area contributed by atoms with E-state index in [4.69, 9.17) is 4.74 Å². The van der Waals surface area contributed by atoms with Gasteiger partial charge in [0.15, 0.2) is 0 Å². The van der Waals surface area contributed by atoms with Crippen molar-refractivity contribution in [2.75, 3.05) is 40.4 Å². The Hall–Kier alpha value is -1.97. The van der Waals surface area contributed by atoms with Crippen molar-refractivity contribution in [1.82, 2.24) is 14.9 Å². The van der Waals surface area contributed by atoms with E-state index < -0.39 is 15.9 Å². The third kappa shape index (κ3) is 5.52. The number of hydrogen-bond donors (Lipinski definition) is 2. The minimum atomic E-state index is -3.71. The summed E-state index contributed by atoms with van der Waals surface area (Å²) < 4.78 is 32.5. The van der Waals surface area contributed by atoms with Crippen LogP contribution in [0.3, 0.4) is 0 Å². The lowest BCUT2D eigenvalue weighted by Crippen LogP contribution is -2.36. The fraction of sp³-hybridized carbons (Fsp3) is 0.500. The first kappa shape index (κ1) is 19.4. The molecule has 1 atom stereocenters. The minimum Gasteiger partial charge on any atom is -0.381 e. The molecule has 8 nitrogen and oxygen atoms in total. The molecule has 1 aromatic carbocycles. The van der Waals surface area contributed by atoms with Crippen LogP contribution in [0.15, 0.2) is 29.2 Å². The molecule has 0 saturated carbocycles. The zero-order valence-corrected chi connectivity index (χ0v) is 15.1. The van der Waals surface area contributed by atoms with Crippen molar-refractivity contribution in [2.45, 2.75) is 11.3 Å². The van der Waals surface area contributed by atoms with Crippen LogP contribution in [-0.2, 0) is 19.6 Å². The number of ether oxygens (including phenoxy) is 1. The largest absolute Gasteiger partial charge is 0.381 e. The van der Waals surface area contributed by atoms with E-state index in [2.05, 4.69) is 10.0 Å². The van der Waals surface area contributed by atoms with E-state index in [0.717, 1.165) is 6.42 Å². The Bertz CT molecular complexity index is 727. The Morgan fingerprint density at radius 2 is 2.08 bits per heavy atom. The zero-order chi connectivity index (χ0) is 18.4. The number of carbonyl (C=O) groups is 2. The molecule has 2 N–H and O–H groups in total. The van der Waals surface area contributed by atoms with Crippen LogP contribution in [0.5, 0.6) is 0 Å². The number of amides is 2. The summed E-state index contributed by atoms with van der Waals surface area (Å²) in [5.41, 5.74) is 0.179. The van der Waals surface area contributed by atoms with Crippen molar-refractivity contribution in [1.29, 1.82) is 0 Å². The third-order valence-electron chi connectivity index (χ3n) is 3.89. The van der Waals surface area contributed by atoms with Gasteiger partial charge in [0.2, 0.25) is 15.9 Å². The highest BCUT2D eigenvalue weighted by Gasteiger charge is 2.21. The van der Waals surface area contributed by atoms with Crippen LogP contribution in [0, 0.1) is 5.92 Å². The Labute approximate surface area is 147 Å². The Kier molecular flexibility index (Phi) is 6.51. The van der Waals surface area contributed by atoms with Gasteiger partial charge in [-0.15, -0.1) is 0 Å². The number of sulfonamides is 1. The number of likely N-dealkylation sites (N-methyl/N-ethyl adjacent to an activating group) is 1. The molecule has 1 aliphatic rings. The van der Waals surface area contributed by atoms with Crippen LogP contribution in [0.4, 0.5) is 0 Å². The first-order valence-electron chi connectivity index (χ1n) is 7.95. The number of benzene rings is 1. The van der Waals surface area contributed by atoms with E-state index >= 15 is 0 Å². The summed E-state index contributed by atoms with van der Waals surface area (Å²) in [6.07, 6.45) is 0.824. The molecule has 2 amide bonds. The summed E-state index contributed by atoms with van der Waals surface area (Å²) in [4.78, 5) is 25.0. The number of rotatable bonds is 7. The Morgan fingerprint density at radius 3 is 2.72 bits per heavy atom. The topological polar surface area (TPSA) is 105 Å². The van der Waals surface area contributed by atoms with Crippen molar-refractivity contribution in [2.24, 2.45) is 5.92 Å². The minimum absolute atomic E-state index is 0.0120. The molecule has 0 unspecified atom stereocenters. The summed E-state index contributed by atoms with van der Waals surface area (Å²) in [5.74, 6) is -0.590. The smallest absolute Gasteiger partial charge is 0.251 e. The van der Waals surface area contributed by atoms with Crippen molar-refractivity contribution < 1.29 is 22.7 Å². The lowest BCUT2D eigenvalue weighted by molar-refractivity contribution is -0.127. The maximum absolute atomic E-state index is 12.4. The second-order valence-electron chi connectivity index (χ2n) is 6.08. The van der Waals surface area contributed by atoms with Gasteiger partial charge in [-0.1, -0.05) is 6.07 Å². The van der Waals surface area contributed by atoms with Gasteiger partial charge in [0, 0.05) is 32.8 Å². The van der Waals surface area contributed by atoms with Crippen LogP contribution >= 0.6 is 0 Å². The van der Waals surface area contributed by atoms with E-state index in [1.165, 1.54) is 29.2 Å². The highest BCUT2D eigenvalue weighted by molar-refractivity contribution is 7.89. The molecule has 138 valence electrons. The molecule has 2 rings (SSSR count). The number of nitrogens with zero attached hydrogens (tertiary/aromatic N) is 1. The molecule has 1 saturated heterocycles. The molecule has 0 radical (unpaired) electrons. The second-order valence-corrected chi connectivity index (χ2v) is 7.85. The fourth-order valence-corrected chi connectivity index (χ4v) is 3.44. The molecule has 0 aromatic heterocycles. The average molecular weight is 369 g/mol. The summed E-state index contributed by atoms with van der Waals surface area (Å²) in [6, 6.07) is 5.72. The van der Waals surface area contributed by atoms with Gasteiger partial charge in [-0.25, -0.2) is 13.1 Å². The Morgan fingerprint density at radius 1 is 1.32 bits per heavy atom. The summed E-state index contributed by atoms with van der Waals surface area (Å²) in [6.45, 7) is 1.34. The normalized spacial score (nSPS) is 17.3. The van der Waals surface area contributed by atoms with Crippen LogP contribution in [-0.4, -0.2) is 65.5 Å². The average Bonchev–Trinajstić information content (AvgIpc) is 3.11. The molecule has 1 fully saturated rings. The fourth-order valence-electron chi connectivity index (χ4n) is 2.28. The third-order valence-corrected chi connectivity index (χ3v) is 5.31. The van der Waals surface area contributed by atoms with E-state index in [1.807, 2.05) is 0 Å². The van der Waals surface area contributed by atoms with E-state index in [9.17, 15) is 18.0 Å². The van der Waals surface area contributed by atoms with Crippen LogP contribution in [0.25, 0.3) is 0 Å². The number of carbonyl (C=O) groups excluding carboxylic acids is 2. The SMILES string of the molecule is CN(C)C(=O)CNC(=O)c1cccc(S(=O)(=O)NC[C@@H]2CCOC2)c1. The van der Waals surface area contributed by atoms with E-state index in [-0.39, 0.29) is 28.8 Å². The molecule has 25 heavy (non-hydrogen) atoms. The molecule has 0 aliphatic carbocycles. The molecule has 1 aliphatic heterocycles. The van der Waals surface area contributed by atoms with Gasteiger partial charge >= 0.3 is 0 Å². The molecular weight excluding hydrogens is 346 g/mol. The van der Waals surface area contributed by atoms with Crippen LogP contribution in [0.1, 0.15) is 16.8 Å². The molecule has 0 bridgehead atoms. The monoisotopic (exact) mass is 369 g/mol. The number of nitrogens with one attached hydrogen (secondary N) is 2. The first-order chi connectivity index (χ1) is 11.8. The zero-order valence-electron chi connectivity index (χ0n) is 14.3. The summed E-state index contributed by atoms with van der Waals surface area (Å²) in [5, 5.41) is 2.47. The van der Waals surface area contributed by atoms with Gasteiger partial charge in [-0.3, -0.25) is 9.59 Å². The lowest BCUT2D eigenvalue weighted by atomic mass is 10.1. The molecule has 0 spiro atoms. The highest BCUT2D eigenvalue weighted by atomic mass is 32.2. The maximum Gasteiger partial charge on any atom is 0.251 e. The molecule has 9 heteroatoms. The van der Waals surface area contributed by atoms with Crippen molar-refractivity contribution in [3.8, 4) is 0 Å². The predicted octanol–water partition coefficient (Wildman–Crippen LogP) is -0.181. The summed E-state index contributed by atoms with van der Waals surface area (Å²) >= 11 is 0. The molecule has 1 aromatic rings.